The summed E-state index contributed by atoms with van der Waals surface area (Å²) < 4.78 is 0.954. The van der Waals surface area contributed by atoms with Gasteiger partial charge in [0.2, 0.25) is 0 Å². The number of benzene rings is 1. The second kappa shape index (κ2) is 4.86. The average Bonchev–Trinajstić information content (AvgIpc) is 2.23. The van der Waals surface area contributed by atoms with Gasteiger partial charge < -0.3 is 10.2 Å². The van der Waals surface area contributed by atoms with Crippen LogP contribution >= 0.6 is 15.9 Å². The van der Waals surface area contributed by atoms with Crippen molar-refractivity contribution in [1.82, 2.24) is 5.32 Å². The SMILES string of the molecule is CCN(c1ccc(Br)cc1C#N)C1CNC1. The van der Waals surface area contributed by atoms with E-state index in [1.54, 1.807) is 0 Å². The van der Waals surface area contributed by atoms with Crippen LogP contribution in [0.4, 0.5) is 5.69 Å². The fourth-order valence-corrected chi connectivity index (χ4v) is 2.33. The van der Waals surface area contributed by atoms with Crippen LogP contribution in [0.5, 0.6) is 0 Å². The minimum absolute atomic E-state index is 0.526. The Labute approximate surface area is 104 Å². The van der Waals surface area contributed by atoms with Crippen LogP contribution in [0, 0.1) is 11.3 Å². The molecule has 0 radical (unpaired) electrons. The lowest BCUT2D eigenvalue weighted by Gasteiger charge is -2.39. The first-order valence-electron chi connectivity index (χ1n) is 5.43. The number of anilines is 1. The molecule has 0 aliphatic carbocycles. The Morgan fingerprint density at radius 2 is 2.31 bits per heavy atom. The molecule has 1 aliphatic heterocycles. The summed E-state index contributed by atoms with van der Waals surface area (Å²) in [4.78, 5) is 2.29. The van der Waals surface area contributed by atoms with Crippen molar-refractivity contribution in [3.63, 3.8) is 0 Å². The summed E-state index contributed by atoms with van der Waals surface area (Å²) in [6.45, 7) is 5.08. The van der Waals surface area contributed by atoms with Crippen LogP contribution in [0.25, 0.3) is 0 Å². The average molecular weight is 280 g/mol. The van der Waals surface area contributed by atoms with Crippen LogP contribution in [0.1, 0.15) is 12.5 Å². The summed E-state index contributed by atoms with van der Waals surface area (Å²) in [5, 5.41) is 12.4. The molecular formula is C12H14BrN3. The summed E-state index contributed by atoms with van der Waals surface area (Å²) in [5.41, 5.74) is 1.78. The summed E-state index contributed by atoms with van der Waals surface area (Å²) >= 11 is 3.39. The van der Waals surface area contributed by atoms with Crippen molar-refractivity contribution >= 4 is 21.6 Å². The van der Waals surface area contributed by atoms with Gasteiger partial charge in [-0.1, -0.05) is 15.9 Å². The Morgan fingerprint density at radius 1 is 1.56 bits per heavy atom. The number of nitriles is 1. The Kier molecular flexibility index (Phi) is 3.47. The van der Waals surface area contributed by atoms with Crippen LogP contribution in [-0.4, -0.2) is 25.7 Å². The maximum absolute atomic E-state index is 9.15. The van der Waals surface area contributed by atoms with Gasteiger partial charge in [0.25, 0.3) is 0 Å². The fourth-order valence-electron chi connectivity index (χ4n) is 1.97. The molecule has 0 spiro atoms. The molecule has 16 heavy (non-hydrogen) atoms. The maximum atomic E-state index is 9.15. The quantitative estimate of drug-likeness (QED) is 0.921. The Hall–Kier alpha value is -1.05. The molecule has 0 saturated carbocycles. The Morgan fingerprint density at radius 3 is 2.81 bits per heavy atom. The molecule has 1 aromatic carbocycles. The van der Waals surface area contributed by atoms with Gasteiger partial charge in [0.1, 0.15) is 6.07 Å². The predicted molar refractivity (Wildman–Crippen MR) is 68.5 cm³/mol. The smallest absolute Gasteiger partial charge is 0.101 e. The number of nitrogens with zero attached hydrogens (tertiary/aromatic N) is 2. The van der Waals surface area contributed by atoms with E-state index in [4.69, 9.17) is 5.26 Å². The highest BCUT2D eigenvalue weighted by Crippen LogP contribution is 2.26. The minimum Gasteiger partial charge on any atom is -0.365 e. The van der Waals surface area contributed by atoms with Gasteiger partial charge in [-0.2, -0.15) is 5.26 Å². The van der Waals surface area contributed by atoms with Crippen molar-refractivity contribution in [3.05, 3.63) is 28.2 Å². The molecule has 3 nitrogen and oxygen atoms in total. The summed E-state index contributed by atoms with van der Waals surface area (Å²) in [6, 6.07) is 8.68. The van der Waals surface area contributed by atoms with Crippen molar-refractivity contribution in [2.75, 3.05) is 24.5 Å². The number of likely N-dealkylation sites (N-methyl/N-ethyl adjacent to an activating group) is 1. The predicted octanol–water partition coefficient (Wildman–Crippen LogP) is 2.12. The molecule has 0 unspecified atom stereocenters. The molecule has 1 fully saturated rings. The number of halogens is 1. The number of hydrogen-bond acceptors (Lipinski definition) is 3. The third kappa shape index (κ3) is 2.06. The van der Waals surface area contributed by atoms with E-state index in [9.17, 15) is 0 Å². The van der Waals surface area contributed by atoms with E-state index in [0.29, 0.717) is 6.04 Å². The monoisotopic (exact) mass is 279 g/mol. The van der Waals surface area contributed by atoms with Gasteiger partial charge in [0.15, 0.2) is 0 Å². The molecule has 1 aromatic rings. The van der Waals surface area contributed by atoms with Crippen LogP contribution < -0.4 is 10.2 Å². The zero-order chi connectivity index (χ0) is 11.5. The molecule has 1 saturated heterocycles. The topological polar surface area (TPSA) is 39.1 Å². The van der Waals surface area contributed by atoms with Crippen LogP contribution in [0.3, 0.4) is 0 Å². The summed E-state index contributed by atoms with van der Waals surface area (Å²) in [7, 11) is 0. The van der Waals surface area contributed by atoms with Gasteiger partial charge in [0, 0.05) is 24.1 Å². The van der Waals surface area contributed by atoms with Crippen LogP contribution in [0.2, 0.25) is 0 Å². The standard InChI is InChI=1S/C12H14BrN3/c1-2-16(11-7-15-8-11)12-4-3-10(13)5-9(12)6-14/h3-5,11,15H,2,7-8H2,1H3. The van der Waals surface area contributed by atoms with E-state index in [2.05, 4.69) is 39.1 Å². The Bertz CT molecular complexity index is 421. The normalized spacial score (nSPS) is 15.3. The molecule has 0 aromatic heterocycles. The van der Waals surface area contributed by atoms with Crippen LogP contribution in [-0.2, 0) is 0 Å². The molecule has 1 aliphatic rings. The molecule has 1 heterocycles. The first-order valence-corrected chi connectivity index (χ1v) is 6.22. The zero-order valence-electron chi connectivity index (χ0n) is 9.20. The van der Waals surface area contributed by atoms with E-state index in [-0.39, 0.29) is 0 Å². The summed E-state index contributed by atoms with van der Waals surface area (Å²) in [6.07, 6.45) is 0. The van der Waals surface area contributed by atoms with Crippen molar-refractivity contribution in [2.45, 2.75) is 13.0 Å². The molecule has 0 atom stereocenters. The minimum atomic E-state index is 0.526. The molecule has 84 valence electrons. The van der Waals surface area contributed by atoms with Gasteiger partial charge >= 0.3 is 0 Å². The lowest BCUT2D eigenvalue weighted by Crippen LogP contribution is -2.57. The van der Waals surface area contributed by atoms with Gasteiger partial charge in [-0.3, -0.25) is 0 Å². The second-order valence-corrected chi connectivity index (χ2v) is 4.79. The van der Waals surface area contributed by atoms with Crippen molar-refractivity contribution < 1.29 is 0 Å². The van der Waals surface area contributed by atoms with Crippen molar-refractivity contribution in [1.29, 1.82) is 5.26 Å². The Balaban J connectivity index is 2.33. The number of rotatable bonds is 3. The lowest BCUT2D eigenvalue weighted by atomic mass is 10.1. The van der Waals surface area contributed by atoms with Crippen molar-refractivity contribution in [2.24, 2.45) is 0 Å². The third-order valence-corrected chi connectivity index (χ3v) is 3.42. The van der Waals surface area contributed by atoms with Gasteiger partial charge in [0.05, 0.1) is 17.3 Å². The largest absolute Gasteiger partial charge is 0.365 e. The van der Waals surface area contributed by atoms with E-state index >= 15 is 0 Å². The van der Waals surface area contributed by atoms with E-state index in [1.165, 1.54) is 0 Å². The lowest BCUT2D eigenvalue weighted by molar-refractivity contribution is 0.417. The molecule has 4 heteroatoms. The summed E-state index contributed by atoms with van der Waals surface area (Å²) in [5.74, 6) is 0. The molecule has 1 N–H and O–H groups in total. The third-order valence-electron chi connectivity index (χ3n) is 2.93. The highest BCUT2D eigenvalue weighted by Gasteiger charge is 2.25. The molecule has 0 bridgehead atoms. The highest BCUT2D eigenvalue weighted by molar-refractivity contribution is 9.10. The van der Waals surface area contributed by atoms with Gasteiger partial charge in [-0.05, 0) is 25.1 Å². The second-order valence-electron chi connectivity index (χ2n) is 3.87. The fraction of sp³-hybridized carbons (Fsp3) is 0.417. The van der Waals surface area contributed by atoms with Crippen LogP contribution in [0.15, 0.2) is 22.7 Å². The molecule has 2 rings (SSSR count). The number of hydrogen-bond donors (Lipinski definition) is 1. The maximum Gasteiger partial charge on any atom is 0.101 e. The van der Waals surface area contributed by atoms with Gasteiger partial charge in [-0.15, -0.1) is 0 Å². The molecular weight excluding hydrogens is 266 g/mol. The number of nitrogens with one attached hydrogen (secondary N) is 1. The first-order chi connectivity index (χ1) is 7.76. The van der Waals surface area contributed by atoms with E-state index in [0.717, 1.165) is 35.4 Å². The zero-order valence-corrected chi connectivity index (χ0v) is 10.8. The van der Waals surface area contributed by atoms with Crippen molar-refractivity contribution in [3.8, 4) is 6.07 Å². The van der Waals surface area contributed by atoms with E-state index in [1.807, 2.05) is 18.2 Å². The van der Waals surface area contributed by atoms with E-state index < -0.39 is 0 Å². The van der Waals surface area contributed by atoms with Gasteiger partial charge in [-0.25, -0.2) is 0 Å². The first kappa shape index (κ1) is 11.4. The molecule has 0 amide bonds. The highest BCUT2D eigenvalue weighted by atomic mass is 79.9.